The summed E-state index contributed by atoms with van der Waals surface area (Å²) in [7, 11) is 3.37. The van der Waals surface area contributed by atoms with Gasteiger partial charge in [-0.1, -0.05) is 42.5 Å². The van der Waals surface area contributed by atoms with Gasteiger partial charge in [0.2, 0.25) is 0 Å². The molecule has 0 heterocycles. The Hall–Kier alpha value is -1.92. The van der Waals surface area contributed by atoms with Crippen LogP contribution in [-0.2, 0) is 22.6 Å². The van der Waals surface area contributed by atoms with Crippen molar-refractivity contribution in [3.63, 3.8) is 0 Å². The summed E-state index contributed by atoms with van der Waals surface area (Å²) >= 11 is 0. The van der Waals surface area contributed by atoms with Gasteiger partial charge in [-0.25, -0.2) is 0 Å². The van der Waals surface area contributed by atoms with E-state index in [9.17, 15) is 5.11 Å². The molecule has 0 radical (unpaired) electrons. The molecular weight excluding hydrogens is 342 g/mol. The molecule has 148 valence electrons. The number of aliphatic hydroxyl groups is 1. The van der Waals surface area contributed by atoms with Crippen molar-refractivity contribution in [1.82, 2.24) is 4.90 Å². The van der Waals surface area contributed by atoms with Crippen LogP contribution in [0.15, 0.2) is 54.6 Å². The molecule has 2 rings (SSSR count). The summed E-state index contributed by atoms with van der Waals surface area (Å²) in [5, 5.41) is 10.4. The fraction of sp³-hybridized carbons (Fsp3) is 0.455. The molecule has 0 aliphatic rings. The first-order valence-electron chi connectivity index (χ1n) is 9.35. The zero-order valence-corrected chi connectivity index (χ0v) is 16.3. The number of rotatable bonds is 13. The number of hydrogen-bond acceptors (Lipinski definition) is 5. The van der Waals surface area contributed by atoms with Crippen LogP contribution in [0.5, 0.6) is 5.75 Å². The van der Waals surface area contributed by atoms with Crippen molar-refractivity contribution in [1.29, 1.82) is 0 Å². The maximum absolute atomic E-state index is 10.4. The molecule has 2 aromatic carbocycles. The summed E-state index contributed by atoms with van der Waals surface area (Å²) in [6, 6.07) is 18.0. The van der Waals surface area contributed by atoms with Gasteiger partial charge in [0.15, 0.2) is 0 Å². The van der Waals surface area contributed by atoms with Crippen LogP contribution in [0.25, 0.3) is 0 Å². The lowest BCUT2D eigenvalue weighted by molar-refractivity contribution is 0.00738. The number of nitrogens with zero attached hydrogens (tertiary/aromatic N) is 1. The topological polar surface area (TPSA) is 51.2 Å². The Morgan fingerprint density at radius 3 is 2.37 bits per heavy atom. The highest BCUT2D eigenvalue weighted by Gasteiger charge is 2.13. The summed E-state index contributed by atoms with van der Waals surface area (Å²) in [6.07, 6.45) is 0.388. The van der Waals surface area contributed by atoms with E-state index in [1.54, 1.807) is 14.2 Å². The Balaban J connectivity index is 1.82. The third kappa shape index (κ3) is 8.54. The van der Waals surface area contributed by atoms with Crippen molar-refractivity contribution in [3.8, 4) is 5.75 Å². The average Bonchev–Trinajstić information content (AvgIpc) is 2.69. The van der Waals surface area contributed by atoms with Crippen LogP contribution >= 0.6 is 0 Å². The molecule has 0 bridgehead atoms. The predicted molar refractivity (Wildman–Crippen MR) is 107 cm³/mol. The van der Waals surface area contributed by atoms with Crippen molar-refractivity contribution in [2.45, 2.75) is 25.7 Å². The van der Waals surface area contributed by atoms with E-state index in [1.165, 1.54) is 5.56 Å². The molecule has 0 amide bonds. The SMILES string of the molecule is COCCCN(Cc1ccc(OC)cc1)CC(O)COCc1ccccc1. The molecule has 0 saturated carbocycles. The van der Waals surface area contributed by atoms with Gasteiger partial charge in [-0.3, -0.25) is 4.90 Å². The van der Waals surface area contributed by atoms with Gasteiger partial charge in [-0.15, -0.1) is 0 Å². The van der Waals surface area contributed by atoms with Crippen molar-refractivity contribution < 1.29 is 19.3 Å². The molecule has 0 aromatic heterocycles. The summed E-state index contributed by atoms with van der Waals surface area (Å²) in [4.78, 5) is 2.23. The molecule has 1 atom stereocenters. The molecule has 1 N–H and O–H groups in total. The Kier molecular flexibility index (Phi) is 9.87. The molecular formula is C22H31NO4. The van der Waals surface area contributed by atoms with Crippen LogP contribution < -0.4 is 4.74 Å². The second-order valence-electron chi connectivity index (χ2n) is 6.58. The number of methoxy groups -OCH3 is 2. The number of aliphatic hydroxyl groups excluding tert-OH is 1. The normalized spacial score (nSPS) is 12.3. The van der Waals surface area contributed by atoms with Gasteiger partial charge in [0.05, 0.1) is 26.4 Å². The van der Waals surface area contributed by atoms with Crippen LogP contribution in [0.2, 0.25) is 0 Å². The second kappa shape index (κ2) is 12.5. The third-order valence-electron chi connectivity index (χ3n) is 4.28. The quantitative estimate of drug-likeness (QED) is 0.547. The lowest BCUT2D eigenvalue weighted by atomic mass is 10.2. The lowest BCUT2D eigenvalue weighted by Gasteiger charge is -2.25. The fourth-order valence-electron chi connectivity index (χ4n) is 2.89. The molecule has 2 aromatic rings. The summed E-state index contributed by atoms with van der Waals surface area (Å²) in [6.45, 7) is 3.72. The van der Waals surface area contributed by atoms with E-state index in [-0.39, 0.29) is 0 Å². The standard InChI is InChI=1S/C22H31NO4/c1-25-14-6-13-23(15-19-9-11-22(26-2)12-10-19)16-21(24)18-27-17-20-7-4-3-5-8-20/h3-5,7-12,21,24H,6,13-18H2,1-2H3. The molecule has 0 saturated heterocycles. The first-order chi connectivity index (χ1) is 13.2. The van der Waals surface area contributed by atoms with Crippen LogP contribution in [0.3, 0.4) is 0 Å². The average molecular weight is 373 g/mol. The van der Waals surface area contributed by atoms with Crippen molar-refractivity contribution in [3.05, 3.63) is 65.7 Å². The van der Waals surface area contributed by atoms with Gasteiger partial charge < -0.3 is 19.3 Å². The van der Waals surface area contributed by atoms with E-state index >= 15 is 0 Å². The zero-order chi connectivity index (χ0) is 19.3. The Morgan fingerprint density at radius 1 is 0.963 bits per heavy atom. The van der Waals surface area contributed by atoms with Crippen molar-refractivity contribution in [2.24, 2.45) is 0 Å². The second-order valence-corrected chi connectivity index (χ2v) is 6.58. The van der Waals surface area contributed by atoms with E-state index in [1.807, 2.05) is 42.5 Å². The molecule has 1 unspecified atom stereocenters. The number of ether oxygens (including phenoxy) is 3. The number of benzene rings is 2. The zero-order valence-electron chi connectivity index (χ0n) is 16.3. The molecule has 0 aliphatic heterocycles. The van der Waals surface area contributed by atoms with E-state index in [4.69, 9.17) is 14.2 Å². The van der Waals surface area contributed by atoms with E-state index in [2.05, 4.69) is 17.0 Å². The highest BCUT2D eigenvalue weighted by molar-refractivity contribution is 5.27. The van der Waals surface area contributed by atoms with Crippen LogP contribution in [0, 0.1) is 0 Å². The Morgan fingerprint density at radius 2 is 1.70 bits per heavy atom. The summed E-state index contributed by atoms with van der Waals surface area (Å²) in [5.74, 6) is 0.846. The van der Waals surface area contributed by atoms with E-state index in [0.717, 1.165) is 30.8 Å². The van der Waals surface area contributed by atoms with Gasteiger partial charge in [0, 0.05) is 33.4 Å². The maximum Gasteiger partial charge on any atom is 0.118 e. The van der Waals surface area contributed by atoms with Gasteiger partial charge in [0.1, 0.15) is 5.75 Å². The Labute approximate surface area is 162 Å². The first kappa shape index (κ1) is 21.4. The summed E-state index contributed by atoms with van der Waals surface area (Å²) < 4.78 is 16.0. The van der Waals surface area contributed by atoms with Crippen LogP contribution in [-0.4, -0.2) is 56.6 Å². The molecule has 5 heteroatoms. The number of hydrogen-bond donors (Lipinski definition) is 1. The largest absolute Gasteiger partial charge is 0.497 e. The monoisotopic (exact) mass is 373 g/mol. The van der Waals surface area contributed by atoms with Crippen molar-refractivity contribution in [2.75, 3.05) is 40.5 Å². The van der Waals surface area contributed by atoms with Crippen molar-refractivity contribution >= 4 is 0 Å². The van der Waals surface area contributed by atoms with Gasteiger partial charge in [-0.05, 0) is 29.7 Å². The molecule has 5 nitrogen and oxygen atoms in total. The minimum absolute atomic E-state index is 0.318. The van der Waals surface area contributed by atoms with Gasteiger partial charge >= 0.3 is 0 Å². The highest BCUT2D eigenvalue weighted by atomic mass is 16.5. The Bertz CT molecular complexity index is 618. The third-order valence-corrected chi connectivity index (χ3v) is 4.28. The van der Waals surface area contributed by atoms with Crippen LogP contribution in [0.4, 0.5) is 0 Å². The summed E-state index contributed by atoms with van der Waals surface area (Å²) in [5.41, 5.74) is 2.30. The van der Waals surface area contributed by atoms with Gasteiger partial charge in [-0.2, -0.15) is 0 Å². The molecule has 0 spiro atoms. The predicted octanol–water partition coefficient (Wildman–Crippen LogP) is 3.11. The van der Waals surface area contributed by atoms with E-state index < -0.39 is 6.10 Å². The van der Waals surface area contributed by atoms with E-state index in [0.29, 0.717) is 26.4 Å². The lowest BCUT2D eigenvalue weighted by Crippen LogP contribution is -2.35. The minimum Gasteiger partial charge on any atom is -0.497 e. The van der Waals surface area contributed by atoms with Gasteiger partial charge in [0.25, 0.3) is 0 Å². The minimum atomic E-state index is -0.533. The first-order valence-corrected chi connectivity index (χ1v) is 9.35. The highest BCUT2D eigenvalue weighted by Crippen LogP contribution is 2.13. The fourth-order valence-corrected chi connectivity index (χ4v) is 2.89. The maximum atomic E-state index is 10.4. The molecule has 0 aliphatic carbocycles. The molecule has 0 fully saturated rings. The molecule has 27 heavy (non-hydrogen) atoms. The van der Waals surface area contributed by atoms with Crippen LogP contribution in [0.1, 0.15) is 17.5 Å². The smallest absolute Gasteiger partial charge is 0.118 e.